The molecule has 0 spiro atoms. The summed E-state index contributed by atoms with van der Waals surface area (Å²) in [7, 11) is 0. The molecule has 1 aromatic heterocycles. The van der Waals surface area contributed by atoms with Crippen molar-refractivity contribution in [1.29, 1.82) is 0 Å². The van der Waals surface area contributed by atoms with Gasteiger partial charge < -0.3 is 31.6 Å². The van der Waals surface area contributed by atoms with E-state index in [0.717, 1.165) is 16.5 Å². The van der Waals surface area contributed by atoms with Gasteiger partial charge >= 0.3 is 11.9 Å². The van der Waals surface area contributed by atoms with Crippen LogP contribution in [-0.2, 0) is 25.6 Å². The number of carboxylic acids is 2. The van der Waals surface area contributed by atoms with Crippen molar-refractivity contribution in [1.82, 2.24) is 15.6 Å². The largest absolute Gasteiger partial charge is 0.481 e. The number of hydrogen-bond acceptors (Lipinski definition) is 5. The van der Waals surface area contributed by atoms with Gasteiger partial charge in [-0.05, 0) is 24.0 Å². The van der Waals surface area contributed by atoms with Crippen LogP contribution < -0.4 is 16.4 Å². The van der Waals surface area contributed by atoms with Gasteiger partial charge in [0.05, 0.1) is 6.04 Å². The normalized spacial score (nSPS) is 14.1. The lowest BCUT2D eigenvalue weighted by atomic mass is 10.0. The minimum absolute atomic E-state index is 0.0575. The van der Waals surface area contributed by atoms with Crippen molar-refractivity contribution in [3.63, 3.8) is 0 Å². The number of benzene rings is 1. The van der Waals surface area contributed by atoms with Gasteiger partial charge in [-0.15, -0.1) is 0 Å². The summed E-state index contributed by atoms with van der Waals surface area (Å²) in [4.78, 5) is 50.6. The quantitative estimate of drug-likeness (QED) is 0.301. The highest BCUT2D eigenvalue weighted by molar-refractivity contribution is 5.92. The second-order valence-corrected chi connectivity index (χ2v) is 7.73. The zero-order valence-corrected chi connectivity index (χ0v) is 17.4. The minimum Gasteiger partial charge on any atom is -0.481 e. The molecule has 168 valence electrons. The van der Waals surface area contributed by atoms with Crippen LogP contribution in [0.3, 0.4) is 0 Å². The Labute approximate surface area is 179 Å². The van der Waals surface area contributed by atoms with E-state index in [2.05, 4.69) is 15.6 Å². The van der Waals surface area contributed by atoms with Crippen molar-refractivity contribution in [2.75, 3.05) is 0 Å². The van der Waals surface area contributed by atoms with Gasteiger partial charge in [0.25, 0.3) is 0 Å². The molecule has 2 amide bonds. The number of nitrogens with two attached hydrogens (primary N) is 1. The van der Waals surface area contributed by atoms with Crippen molar-refractivity contribution in [3.05, 3.63) is 36.0 Å². The first-order valence-corrected chi connectivity index (χ1v) is 9.96. The fraction of sp³-hybridized carbons (Fsp3) is 0.429. The Balaban J connectivity index is 2.08. The molecule has 31 heavy (non-hydrogen) atoms. The van der Waals surface area contributed by atoms with E-state index < -0.39 is 41.9 Å². The summed E-state index contributed by atoms with van der Waals surface area (Å²) in [5.74, 6) is -3.95. The smallest absolute Gasteiger partial charge is 0.326 e. The third-order valence-corrected chi connectivity index (χ3v) is 4.97. The molecule has 0 aliphatic rings. The van der Waals surface area contributed by atoms with E-state index in [4.69, 9.17) is 10.8 Å². The fourth-order valence-electron chi connectivity index (χ4n) is 3.19. The number of carboxylic acid groups (broad SMARTS) is 2. The van der Waals surface area contributed by atoms with Crippen LogP contribution in [-0.4, -0.2) is 57.1 Å². The summed E-state index contributed by atoms with van der Waals surface area (Å²) >= 11 is 0. The molecule has 7 N–H and O–H groups in total. The maximum atomic E-state index is 12.8. The number of amides is 2. The first-order valence-electron chi connectivity index (χ1n) is 9.96. The van der Waals surface area contributed by atoms with Gasteiger partial charge in [-0.25, -0.2) is 4.79 Å². The van der Waals surface area contributed by atoms with E-state index in [9.17, 15) is 24.3 Å². The number of nitrogens with one attached hydrogen (secondary N) is 3. The van der Waals surface area contributed by atoms with Crippen LogP contribution in [0.25, 0.3) is 10.9 Å². The average Bonchev–Trinajstić information content (AvgIpc) is 3.11. The number of aliphatic carboxylic acids is 2. The monoisotopic (exact) mass is 432 g/mol. The summed E-state index contributed by atoms with van der Waals surface area (Å²) < 4.78 is 0. The third kappa shape index (κ3) is 6.54. The van der Waals surface area contributed by atoms with Crippen LogP contribution in [0.4, 0.5) is 0 Å². The van der Waals surface area contributed by atoms with Gasteiger partial charge in [-0.2, -0.15) is 0 Å². The molecule has 0 fully saturated rings. The molecular formula is C21H28N4O6. The Morgan fingerprint density at radius 3 is 2.35 bits per heavy atom. The summed E-state index contributed by atoms with van der Waals surface area (Å²) in [6.07, 6.45) is 1.41. The minimum atomic E-state index is -1.20. The van der Waals surface area contributed by atoms with E-state index in [1.807, 2.05) is 24.3 Å². The van der Waals surface area contributed by atoms with E-state index in [-0.39, 0.29) is 25.2 Å². The number of aromatic amines is 1. The van der Waals surface area contributed by atoms with Crippen LogP contribution in [0.2, 0.25) is 0 Å². The molecule has 0 radical (unpaired) electrons. The lowest BCUT2D eigenvalue weighted by Crippen LogP contribution is -2.56. The van der Waals surface area contributed by atoms with Gasteiger partial charge in [0.1, 0.15) is 12.1 Å². The maximum absolute atomic E-state index is 12.8. The molecule has 0 bridgehead atoms. The van der Waals surface area contributed by atoms with Crippen molar-refractivity contribution < 1.29 is 29.4 Å². The van der Waals surface area contributed by atoms with Crippen molar-refractivity contribution in [2.24, 2.45) is 11.7 Å². The molecule has 2 aromatic rings. The van der Waals surface area contributed by atoms with Crippen LogP contribution in [0.15, 0.2) is 30.5 Å². The lowest BCUT2D eigenvalue weighted by molar-refractivity contribution is -0.142. The molecule has 0 aliphatic heterocycles. The second-order valence-electron chi connectivity index (χ2n) is 7.73. The number of carbonyl (C=O) groups excluding carboxylic acids is 2. The number of hydrogen-bond donors (Lipinski definition) is 6. The molecule has 0 saturated heterocycles. The Hall–Kier alpha value is -3.40. The molecule has 2 rings (SSSR count). The number of aromatic nitrogens is 1. The highest BCUT2D eigenvalue weighted by atomic mass is 16.4. The van der Waals surface area contributed by atoms with Gasteiger partial charge in [0.15, 0.2) is 0 Å². The second kappa shape index (κ2) is 10.6. The molecule has 1 aromatic carbocycles. The van der Waals surface area contributed by atoms with Crippen LogP contribution in [0.5, 0.6) is 0 Å². The van der Waals surface area contributed by atoms with E-state index >= 15 is 0 Å². The summed E-state index contributed by atoms with van der Waals surface area (Å²) in [5.41, 5.74) is 7.30. The molecule has 0 saturated carbocycles. The van der Waals surface area contributed by atoms with E-state index in [1.165, 1.54) is 0 Å². The number of para-hydroxylation sites is 1. The zero-order valence-electron chi connectivity index (χ0n) is 17.4. The Bertz CT molecular complexity index is 954. The Morgan fingerprint density at radius 2 is 1.74 bits per heavy atom. The van der Waals surface area contributed by atoms with Crippen molar-refractivity contribution >= 4 is 34.7 Å². The number of rotatable bonds is 11. The molecule has 10 nitrogen and oxygen atoms in total. The third-order valence-electron chi connectivity index (χ3n) is 4.97. The SMILES string of the molecule is CC(C)C(NC(=O)C(N)CCC(=O)O)C(=O)NC(Cc1c[nH]c2ccccc12)C(=O)O. The summed E-state index contributed by atoms with van der Waals surface area (Å²) in [6.45, 7) is 3.39. The molecule has 1 heterocycles. The molecule has 10 heteroatoms. The maximum Gasteiger partial charge on any atom is 0.326 e. The molecular weight excluding hydrogens is 404 g/mol. The Kier molecular flexibility index (Phi) is 8.14. The predicted octanol–water partition coefficient (Wildman–Crippen LogP) is 0.613. The number of fused-ring (bicyclic) bond motifs is 1. The summed E-state index contributed by atoms with van der Waals surface area (Å²) in [6, 6.07) is 4.11. The van der Waals surface area contributed by atoms with Gasteiger partial charge in [0.2, 0.25) is 11.8 Å². The van der Waals surface area contributed by atoms with Crippen molar-refractivity contribution in [3.8, 4) is 0 Å². The topological polar surface area (TPSA) is 175 Å². The molecule has 3 atom stereocenters. The molecule has 3 unspecified atom stereocenters. The zero-order chi connectivity index (χ0) is 23.1. The van der Waals surface area contributed by atoms with Gasteiger partial charge in [-0.3, -0.25) is 14.4 Å². The van der Waals surface area contributed by atoms with Crippen LogP contribution >= 0.6 is 0 Å². The standard InChI is InChI=1S/C21H28N4O6/c1-11(2)18(25-19(28)14(22)7-8-17(26)27)20(29)24-16(21(30)31)9-12-10-23-15-6-4-3-5-13(12)15/h3-6,10-11,14,16,18,23H,7-9,22H2,1-2H3,(H,24,29)(H,25,28)(H,26,27)(H,30,31). The highest BCUT2D eigenvalue weighted by Gasteiger charge is 2.30. The van der Waals surface area contributed by atoms with E-state index in [1.54, 1.807) is 20.0 Å². The molecule has 0 aliphatic carbocycles. The first kappa shape index (κ1) is 23.9. The first-order chi connectivity index (χ1) is 14.6. The van der Waals surface area contributed by atoms with Crippen LogP contribution in [0, 0.1) is 5.92 Å². The highest BCUT2D eigenvalue weighted by Crippen LogP contribution is 2.19. The lowest BCUT2D eigenvalue weighted by Gasteiger charge is -2.25. The number of carbonyl (C=O) groups is 4. The number of H-pyrrole nitrogens is 1. The van der Waals surface area contributed by atoms with Crippen molar-refractivity contribution in [2.45, 2.75) is 51.2 Å². The summed E-state index contributed by atoms with van der Waals surface area (Å²) in [5, 5.41) is 24.2. The Morgan fingerprint density at radius 1 is 1.06 bits per heavy atom. The average molecular weight is 432 g/mol. The van der Waals surface area contributed by atoms with E-state index in [0.29, 0.717) is 0 Å². The van der Waals surface area contributed by atoms with Gasteiger partial charge in [0, 0.05) is 29.9 Å². The van der Waals surface area contributed by atoms with Crippen LogP contribution in [0.1, 0.15) is 32.3 Å². The predicted molar refractivity (Wildman–Crippen MR) is 113 cm³/mol. The van der Waals surface area contributed by atoms with Gasteiger partial charge in [-0.1, -0.05) is 32.0 Å². The fourth-order valence-corrected chi connectivity index (χ4v) is 3.19.